The predicted molar refractivity (Wildman–Crippen MR) is 95.2 cm³/mol. The SMILES string of the molecule is CCCNC(c1ccc(C2CCC2)cc1)c1sccc1Br. The van der Waals surface area contributed by atoms with Crippen LogP contribution in [0.25, 0.3) is 0 Å². The van der Waals surface area contributed by atoms with Gasteiger partial charge in [-0.05, 0) is 70.2 Å². The third kappa shape index (κ3) is 3.41. The molecule has 1 unspecified atom stereocenters. The minimum absolute atomic E-state index is 0.301. The number of thiophene rings is 1. The zero-order valence-electron chi connectivity index (χ0n) is 12.4. The summed E-state index contributed by atoms with van der Waals surface area (Å²) in [5.41, 5.74) is 2.89. The van der Waals surface area contributed by atoms with Crippen LogP contribution < -0.4 is 5.32 Å². The van der Waals surface area contributed by atoms with Gasteiger partial charge in [0.05, 0.1) is 6.04 Å². The monoisotopic (exact) mass is 363 g/mol. The highest BCUT2D eigenvalue weighted by atomic mass is 79.9. The predicted octanol–water partition coefficient (Wildman–Crippen LogP) is 5.87. The molecule has 3 rings (SSSR count). The standard InChI is InChI=1S/C18H22BrNS/c1-2-11-20-17(18-16(19)10-12-21-18)15-8-6-14(7-9-15)13-4-3-5-13/h6-10,12-13,17,20H,2-5,11H2,1H3. The highest BCUT2D eigenvalue weighted by molar-refractivity contribution is 9.10. The van der Waals surface area contributed by atoms with Crippen LogP contribution in [0.2, 0.25) is 0 Å². The summed E-state index contributed by atoms with van der Waals surface area (Å²) < 4.78 is 1.21. The van der Waals surface area contributed by atoms with Crippen molar-refractivity contribution in [1.82, 2.24) is 5.32 Å². The van der Waals surface area contributed by atoms with Crippen molar-refractivity contribution in [2.75, 3.05) is 6.54 Å². The molecule has 1 aliphatic carbocycles. The first-order valence-corrected chi connectivity index (χ1v) is 9.53. The molecule has 2 aromatic rings. The lowest BCUT2D eigenvalue weighted by molar-refractivity contribution is 0.419. The van der Waals surface area contributed by atoms with Crippen LogP contribution in [-0.4, -0.2) is 6.54 Å². The maximum absolute atomic E-state index is 3.69. The van der Waals surface area contributed by atoms with E-state index >= 15 is 0 Å². The zero-order valence-corrected chi connectivity index (χ0v) is 14.8. The molecule has 1 N–H and O–H groups in total. The molecule has 0 spiro atoms. The van der Waals surface area contributed by atoms with Crippen LogP contribution in [0.5, 0.6) is 0 Å². The van der Waals surface area contributed by atoms with Crippen LogP contribution in [0.15, 0.2) is 40.2 Å². The van der Waals surface area contributed by atoms with Gasteiger partial charge in [-0.25, -0.2) is 0 Å². The summed E-state index contributed by atoms with van der Waals surface area (Å²) in [6, 6.07) is 11.7. The summed E-state index contributed by atoms with van der Waals surface area (Å²) in [7, 11) is 0. The largest absolute Gasteiger partial charge is 0.306 e. The molecule has 1 saturated carbocycles. The fourth-order valence-corrected chi connectivity index (χ4v) is 4.57. The molecule has 0 radical (unpaired) electrons. The van der Waals surface area contributed by atoms with Crippen LogP contribution in [0.3, 0.4) is 0 Å². The Morgan fingerprint density at radius 3 is 2.52 bits per heavy atom. The van der Waals surface area contributed by atoms with E-state index in [9.17, 15) is 0 Å². The Labute approximate surface area is 139 Å². The maximum Gasteiger partial charge on any atom is 0.0682 e. The van der Waals surface area contributed by atoms with Crippen molar-refractivity contribution >= 4 is 27.3 Å². The van der Waals surface area contributed by atoms with E-state index in [1.807, 2.05) is 11.3 Å². The van der Waals surface area contributed by atoms with Crippen LogP contribution in [0.4, 0.5) is 0 Å². The first kappa shape index (κ1) is 15.3. The lowest BCUT2D eigenvalue weighted by atomic mass is 9.80. The molecule has 112 valence electrons. The van der Waals surface area contributed by atoms with Crippen molar-refractivity contribution < 1.29 is 0 Å². The number of rotatable bonds is 6. The first-order chi connectivity index (χ1) is 10.3. The molecule has 0 amide bonds. The molecule has 0 saturated heterocycles. The summed E-state index contributed by atoms with van der Waals surface area (Å²) >= 11 is 5.50. The average Bonchev–Trinajstić information content (AvgIpc) is 2.85. The van der Waals surface area contributed by atoms with Gasteiger partial charge in [0.15, 0.2) is 0 Å². The van der Waals surface area contributed by atoms with Gasteiger partial charge in [0.2, 0.25) is 0 Å². The number of nitrogens with one attached hydrogen (secondary N) is 1. The smallest absolute Gasteiger partial charge is 0.0682 e. The molecule has 1 aromatic heterocycles. The van der Waals surface area contributed by atoms with Gasteiger partial charge in [-0.3, -0.25) is 0 Å². The van der Waals surface area contributed by atoms with E-state index in [4.69, 9.17) is 0 Å². The van der Waals surface area contributed by atoms with Crippen molar-refractivity contribution in [2.45, 2.75) is 44.6 Å². The minimum atomic E-state index is 0.301. The van der Waals surface area contributed by atoms with Crippen molar-refractivity contribution in [3.63, 3.8) is 0 Å². The van der Waals surface area contributed by atoms with E-state index < -0.39 is 0 Å². The fraction of sp³-hybridized carbons (Fsp3) is 0.444. The van der Waals surface area contributed by atoms with Gasteiger partial charge < -0.3 is 5.32 Å². The number of benzene rings is 1. The first-order valence-electron chi connectivity index (χ1n) is 7.85. The second-order valence-corrected chi connectivity index (χ2v) is 7.62. The summed E-state index contributed by atoms with van der Waals surface area (Å²) in [5, 5.41) is 5.84. The lowest BCUT2D eigenvalue weighted by Gasteiger charge is -2.26. The lowest BCUT2D eigenvalue weighted by Crippen LogP contribution is -2.22. The molecular formula is C18H22BrNS. The van der Waals surface area contributed by atoms with Gasteiger partial charge in [-0.15, -0.1) is 11.3 Å². The van der Waals surface area contributed by atoms with E-state index in [-0.39, 0.29) is 0 Å². The second kappa shape index (κ2) is 7.08. The molecule has 1 fully saturated rings. The van der Waals surface area contributed by atoms with E-state index in [1.165, 1.54) is 39.7 Å². The Bertz CT molecular complexity index is 571. The molecule has 1 heterocycles. The molecule has 3 heteroatoms. The summed E-state index contributed by atoms with van der Waals surface area (Å²) in [5.74, 6) is 0.814. The van der Waals surface area contributed by atoms with E-state index in [2.05, 4.69) is 63.9 Å². The Morgan fingerprint density at radius 1 is 1.24 bits per heavy atom. The highest BCUT2D eigenvalue weighted by Crippen LogP contribution is 2.38. The Morgan fingerprint density at radius 2 is 2.00 bits per heavy atom. The number of hydrogen-bond donors (Lipinski definition) is 1. The van der Waals surface area contributed by atoms with E-state index in [0.717, 1.165) is 18.9 Å². The molecule has 1 aromatic carbocycles. The number of hydrogen-bond acceptors (Lipinski definition) is 2. The van der Waals surface area contributed by atoms with Gasteiger partial charge >= 0.3 is 0 Å². The molecule has 1 atom stereocenters. The highest BCUT2D eigenvalue weighted by Gasteiger charge is 2.21. The summed E-state index contributed by atoms with van der Waals surface area (Å²) in [6.07, 6.45) is 5.29. The number of halogens is 1. The molecule has 0 aliphatic heterocycles. The molecule has 1 nitrogen and oxygen atoms in total. The van der Waals surface area contributed by atoms with Crippen LogP contribution in [0.1, 0.15) is 60.6 Å². The van der Waals surface area contributed by atoms with Gasteiger partial charge in [-0.1, -0.05) is 37.6 Å². The van der Waals surface area contributed by atoms with Gasteiger partial charge in [0.25, 0.3) is 0 Å². The normalized spacial score (nSPS) is 16.7. The molecular weight excluding hydrogens is 342 g/mol. The maximum atomic E-state index is 3.69. The van der Waals surface area contributed by atoms with E-state index in [0.29, 0.717) is 6.04 Å². The summed E-state index contributed by atoms with van der Waals surface area (Å²) in [6.45, 7) is 3.26. The topological polar surface area (TPSA) is 12.0 Å². The third-order valence-corrected chi connectivity index (χ3v) is 6.29. The van der Waals surface area contributed by atoms with Crippen LogP contribution >= 0.6 is 27.3 Å². The van der Waals surface area contributed by atoms with Crippen molar-refractivity contribution in [2.24, 2.45) is 0 Å². The van der Waals surface area contributed by atoms with E-state index in [1.54, 1.807) is 0 Å². The quantitative estimate of drug-likeness (QED) is 0.676. The van der Waals surface area contributed by atoms with Crippen molar-refractivity contribution in [3.05, 3.63) is 56.2 Å². The molecule has 21 heavy (non-hydrogen) atoms. The van der Waals surface area contributed by atoms with Gasteiger partial charge in [0, 0.05) is 9.35 Å². The third-order valence-electron chi connectivity index (χ3n) is 4.35. The minimum Gasteiger partial charge on any atom is -0.306 e. The molecule has 0 bridgehead atoms. The van der Waals surface area contributed by atoms with Gasteiger partial charge in [0.1, 0.15) is 0 Å². The van der Waals surface area contributed by atoms with Gasteiger partial charge in [-0.2, -0.15) is 0 Å². The molecule has 1 aliphatic rings. The zero-order chi connectivity index (χ0) is 14.7. The van der Waals surface area contributed by atoms with Crippen molar-refractivity contribution in [3.8, 4) is 0 Å². The van der Waals surface area contributed by atoms with Crippen LogP contribution in [-0.2, 0) is 0 Å². The summed E-state index contributed by atoms with van der Waals surface area (Å²) in [4.78, 5) is 1.37. The Kier molecular flexibility index (Phi) is 5.15. The fourth-order valence-electron chi connectivity index (χ4n) is 2.86. The second-order valence-electron chi connectivity index (χ2n) is 5.81. The van der Waals surface area contributed by atoms with Crippen molar-refractivity contribution in [1.29, 1.82) is 0 Å². The Hall–Kier alpha value is -0.640. The van der Waals surface area contributed by atoms with Crippen LogP contribution in [0, 0.1) is 0 Å². The average molecular weight is 364 g/mol. The Balaban J connectivity index is 1.83.